The number of rotatable bonds is 2. The Hall–Kier alpha value is -2.17. The quantitative estimate of drug-likeness (QED) is 0.855. The van der Waals surface area contributed by atoms with Crippen LogP contribution in [0.15, 0.2) is 16.5 Å². The Morgan fingerprint density at radius 1 is 1.23 bits per heavy atom. The van der Waals surface area contributed by atoms with E-state index < -0.39 is 0 Å². The number of carbonyl (C=O) groups excluding carboxylic acids is 1. The molecule has 0 spiro atoms. The van der Waals surface area contributed by atoms with Crippen LogP contribution in [-0.4, -0.2) is 27.3 Å². The maximum atomic E-state index is 12.7. The van der Waals surface area contributed by atoms with Crippen molar-refractivity contribution in [1.29, 1.82) is 0 Å². The molecule has 0 radical (unpaired) electrons. The number of pyridine rings is 1. The molecular weight excluding hydrogens is 278 g/mol. The van der Waals surface area contributed by atoms with Crippen molar-refractivity contribution in [2.24, 2.45) is 0 Å². The lowest BCUT2D eigenvalue weighted by Crippen LogP contribution is -2.35. The molecule has 1 amide bonds. The summed E-state index contributed by atoms with van der Waals surface area (Å²) in [4.78, 5) is 23.4. The largest absolute Gasteiger partial charge is 0.445 e. The number of hydrogen-bond donors (Lipinski definition) is 0. The van der Waals surface area contributed by atoms with E-state index in [1.54, 1.807) is 0 Å². The fraction of sp³-hybridized carbons (Fsp3) is 0.471. The molecule has 3 rings (SSSR count). The highest BCUT2D eigenvalue weighted by atomic mass is 16.4. The first-order chi connectivity index (χ1) is 10.4. The number of oxazole rings is 1. The van der Waals surface area contributed by atoms with Gasteiger partial charge in [-0.3, -0.25) is 9.78 Å². The van der Waals surface area contributed by atoms with Gasteiger partial charge in [0, 0.05) is 35.8 Å². The SMILES string of the molecule is Cc1cc(C(=O)N2CCc3oc(C(C)C)nc3C2)cc(C)n1. The second-order valence-electron chi connectivity index (χ2n) is 6.19. The number of carbonyl (C=O) groups is 1. The van der Waals surface area contributed by atoms with E-state index in [0.29, 0.717) is 18.7 Å². The minimum absolute atomic E-state index is 0.0355. The molecule has 5 nitrogen and oxygen atoms in total. The van der Waals surface area contributed by atoms with Crippen LogP contribution in [-0.2, 0) is 13.0 Å². The number of fused-ring (bicyclic) bond motifs is 1. The van der Waals surface area contributed by atoms with Gasteiger partial charge in [0.1, 0.15) is 11.5 Å². The fourth-order valence-electron chi connectivity index (χ4n) is 2.78. The summed E-state index contributed by atoms with van der Waals surface area (Å²) < 4.78 is 5.78. The Morgan fingerprint density at radius 3 is 2.55 bits per heavy atom. The highest BCUT2D eigenvalue weighted by Crippen LogP contribution is 2.24. The highest BCUT2D eigenvalue weighted by molar-refractivity contribution is 5.94. The van der Waals surface area contributed by atoms with Crippen molar-refractivity contribution in [2.45, 2.75) is 46.6 Å². The van der Waals surface area contributed by atoms with Gasteiger partial charge in [-0.2, -0.15) is 0 Å². The maximum absolute atomic E-state index is 12.7. The Bertz CT molecular complexity index is 698. The molecule has 1 aliphatic rings. The molecule has 0 saturated carbocycles. The van der Waals surface area contributed by atoms with Crippen LogP contribution in [0, 0.1) is 13.8 Å². The average Bonchev–Trinajstić information content (AvgIpc) is 2.88. The molecule has 0 atom stereocenters. The van der Waals surface area contributed by atoms with E-state index in [0.717, 1.165) is 35.2 Å². The predicted molar refractivity (Wildman–Crippen MR) is 82.7 cm³/mol. The Kier molecular flexibility index (Phi) is 3.72. The molecule has 22 heavy (non-hydrogen) atoms. The first-order valence-electron chi connectivity index (χ1n) is 7.67. The molecule has 0 unspecified atom stereocenters. The van der Waals surface area contributed by atoms with Crippen LogP contribution in [0.5, 0.6) is 0 Å². The van der Waals surface area contributed by atoms with Crippen LogP contribution in [0.2, 0.25) is 0 Å². The third-order valence-electron chi connectivity index (χ3n) is 3.85. The van der Waals surface area contributed by atoms with E-state index in [9.17, 15) is 4.79 Å². The summed E-state index contributed by atoms with van der Waals surface area (Å²) in [6.07, 6.45) is 0.726. The number of aryl methyl sites for hydroxylation is 2. The molecule has 2 aromatic heterocycles. The summed E-state index contributed by atoms with van der Waals surface area (Å²) in [5.74, 6) is 1.98. The molecule has 0 saturated heterocycles. The zero-order valence-electron chi connectivity index (χ0n) is 13.5. The summed E-state index contributed by atoms with van der Waals surface area (Å²) in [6, 6.07) is 3.68. The molecule has 0 aliphatic carbocycles. The van der Waals surface area contributed by atoms with Crippen molar-refractivity contribution < 1.29 is 9.21 Å². The minimum atomic E-state index is 0.0355. The van der Waals surface area contributed by atoms with E-state index in [4.69, 9.17) is 4.42 Å². The number of aromatic nitrogens is 2. The zero-order valence-corrected chi connectivity index (χ0v) is 13.5. The Morgan fingerprint density at radius 2 is 1.91 bits per heavy atom. The number of amides is 1. The molecule has 5 heteroatoms. The van der Waals surface area contributed by atoms with E-state index in [1.807, 2.05) is 30.9 Å². The summed E-state index contributed by atoms with van der Waals surface area (Å²) in [5, 5.41) is 0. The molecule has 0 fully saturated rings. The molecular formula is C17H21N3O2. The number of nitrogens with zero attached hydrogens (tertiary/aromatic N) is 3. The van der Waals surface area contributed by atoms with Gasteiger partial charge < -0.3 is 9.32 Å². The molecule has 2 aromatic rings. The Balaban J connectivity index is 1.83. The first-order valence-corrected chi connectivity index (χ1v) is 7.67. The van der Waals surface area contributed by atoms with Crippen molar-refractivity contribution in [2.75, 3.05) is 6.54 Å². The smallest absolute Gasteiger partial charge is 0.254 e. The lowest BCUT2D eigenvalue weighted by atomic mass is 10.1. The second-order valence-corrected chi connectivity index (χ2v) is 6.19. The van der Waals surface area contributed by atoms with E-state index in [1.165, 1.54) is 0 Å². The number of hydrogen-bond acceptors (Lipinski definition) is 4. The summed E-state index contributed by atoms with van der Waals surface area (Å²) in [6.45, 7) is 9.12. The zero-order chi connectivity index (χ0) is 15.9. The summed E-state index contributed by atoms with van der Waals surface area (Å²) in [5.41, 5.74) is 3.32. The van der Waals surface area contributed by atoms with Crippen molar-refractivity contribution >= 4 is 5.91 Å². The van der Waals surface area contributed by atoms with Crippen LogP contribution in [0.1, 0.15) is 58.9 Å². The van der Waals surface area contributed by atoms with Gasteiger partial charge in [0.25, 0.3) is 5.91 Å². The van der Waals surface area contributed by atoms with Gasteiger partial charge in [0.2, 0.25) is 0 Å². The second kappa shape index (κ2) is 5.55. The lowest BCUT2D eigenvalue weighted by molar-refractivity contribution is 0.0727. The fourth-order valence-corrected chi connectivity index (χ4v) is 2.78. The van der Waals surface area contributed by atoms with E-state index >= 15 is 0 Å². The molecule has 0 aromatic carbocycles. The third-order valence-corrected chi connectivity index (χ3v) is 3.85. The van der Waals surface area contributed by atoms with Crippen LogP contribution >= 0.6 is 0 Å². The molecule has 1 aliphatic heterocycles. The topological polar surface area (TPSA) is 59.2 Å². The van der Waals surface area contributed by atoms with Crippen molar-refractivity contribution in [3.63, 3.8) is 0 Å². The summed E-state index contributed by atoms with van der Waals surface area (Å²) >= 11 is 0. The normalized spacial score (nSPS) is 14.3. The van der Waals surface area contributed by atoms with Gasteiger partial charge in [-0.05, 0) is 26.0 Å². The third kappa shape index (κ3) is 2.75. The van der Waals surface area contributed by atoms with Crippen molar-refractivity contribution in [3.05, 3.63) is 46.4 Å². The first kappa shape index (κ1) is 14.8. The van der Waals surface area contributed by atoms with Crippen molar-refractivity contribution in [3.8, 4) is 0 Å². The molecule has 3 heterocycles. The molecule has 0 bridgehead atoms. The van der Waals surface area contributed by atoms with Gasteiger partial charge in [0.05, 0.1) is 6.54 Å². The van der Waals surface area contributed by atoms with Crippen LogP contribution < -0.4 is 0 Å². The van der Waals surface area contributed by atoms with Gasteiger partial charge in [-0.15, -0.1) is 0 Å². The van der Waals surface area contributed by atoms with Crippen LogP contribution in [0.4, 0.5) is 0 Å². The van der Waals surface area contributed by atoms with E-state index in [2.05, 4.69) is 23.8 Å². The minimum Gasteiger partial charge on any atom is -0.445 e. The Labute approximate surface area is 130 Å². The predicted octanol–water partition coefficient (Wildman–Crippen LogP) is 3.01. The van der Waals surface area contributed by atoms with Gasteiger partial charge >= 0.3 is 0 Å². The lowest BCUT2D eigenvalue weighted by Gasteiger charge is -2.25. The molecule has 116 valence electrons. The summed E-state index contributed by atoms with van der Waals surface area (Å²) in [7, 11) is 0. The standard InChI is InChI=1S/C17H21N3O2/c1-10(2)16-19-14-9-20(6-5-15(14)22-16)17(21)13-7-11(3)18-12(4)8-13/h7-8,10H,5-6,9H2,1-4H3. The van der Waals surface area contributed by atoms with Gasteiger partial charge in [-0.1, -0.05) is 13.8 Å². The van der Waals surface area contributed by atoms with Gasteiger partial charge in [-0.25, -0.2) is 4.98 Å². The van der Waals surface area contributed by atoms with Crippen LogP contribution in [0.25, 0.3) is 0 Å². The highest BCUT2D eigenvalue weighted by Gasteiger charge is 2.26. The van der Waals surface area contributed by atoms with Crippen molar-refractivity contribution in [1.82, 2.24) is 14.9 Å². The maximum Gasteiger partial charge on any atom is 0.254 e. The van der Waals surface area contributed by atoms with Gasteiger partial charge in [0.15, 0.2) is 5.89 Å². The monoisotopic (exact) mass is 299 g/mol. The van der Waals surface area contributed by atoms with Crippen LogP contribution in [0.3, 0.4) is 0 Å². The molecule has 0 N–H and O–H groups in total. The van der Waals surface area contributed by atoms with E-state index in [-0.39, 0.29) is 11.8 Å². The average molecular weight is 299 g/mol.